The van der Waals surface area contributed by atoms with Crippen molar-refractivity contribution in [3.63, 3.8) is 0 Å². The maximum atomic E-state index is 4.57. The zero-order valence-electron chi connectivity index (χ0n) is 8.29. The summed E-state index contributed by atoms with van der Waals surface area (Å²) in [5.41, 5.74) is 2.37. The molecule has 0 spiro atoms. The van der Waals surface area contributed by atoms with Gasteiger partial charge in [0.15, 0.2) is 0 Å². The van der Waals surface area contributed by atoms with Crippen LogP contribution in [0.1, 0.15) is 35.8 Å². The van der Waals surface area contributed by atoms with Crippen molar-refractivity contribution >= 4 is 11.8 Å². The van der Waals surface area contributed by atoms with Gasteiger partial charge in [-0.1, -0.05) is 0 Å². The molecule has 1 heterocycles. The molecular formula is C10H14N2S. The van der Waals surface area contributed by atoms with Crippen molar-refractivity contribution in [1.82, 2.24) is 9.97 Å². The molecule has 1 aliphatic carbocycles. The van der Waals surface area contributed by atoms with Crippen LogP contribution in [-0.2, 0) is 0 Å². The van der Waals surface area contributed by atoms with Gasteiger partial charge in [0, 0.05) is 17.2 Å². The van der Waals surface area contributed by atoms with Crippen LogP contribution in [0.25, 0.3) is 0 Å². The molecule has 13 heavy (non-hydrogen) atoms. The Labute approximate surface area is 83.2 Å². The van der Waals surface area contributed by atoms with E-state index in [1.165, 1.54) is 18.4 Å². The van der Waals surface area contributed by atoms with Crippen LogP contribution in [0.5, 0.6) is 0 Å². The second-order valence-electron chi connectivity index (χ2n) is 3.58. The van der Waals surface area contributed by atoms with Crippen molar-refractivity contribution in [2.24, 2.45) is 0 Å². The minimum absolute atomic E-state index is 0.658. The lowest BCUT2D eigenvalue weighted by Crippen LogP contribution is -2.00. The number of nitrogens with zero attached hydrogens (tertiary/aromatic N) is 2. The third-order valence-corrected chi connectivity index (χ3v) is 3.28. The summed E-state index contributed by atoms with van der Waals surface area (Å²) in [6, 6.07) is 0. The molecule has 1 aliphatic rings. The van der Waals surface area contributed by atoms with Gasteiger partial charge in [0.2, 0.25) is 0 Å². The van der Waals surface area contributed by atoms with Gasteiger partial charge in [-0.2, -0.15) is 0 Å². The minimum Gasteiger partial charge on any atom is -0.238 e. The third kappa shape index (κ3) is 1.70. The van der Waals surface area contributed by atoms with Crippen LogP contribution in [0.3, 0.4) is 0 Å². The number of aromatic nitrogens is 2. The molecular weight excluding hydrogens is 180 g/mol. The van der Waals surface area contributed by atoms with Crippen LogP contribution in [0.2, 0.25) is 0 Å². The van der Waals surface area contributed by atoms with Crippen molar-refractivity contribution in [3.05, 3.63) is 17.1 Å². The molecule has 1 aromatic rings. The highest BCUT2D eigenvalue weighted by molar-refractivity contribution is 7.98. The van der Waals surface area contributed by atoms with E-state index in [0.29, 0.717) is 5.92 Å². The van der Waals surface area contributed by atoms with Crippen molar-refractivity contribution in [1.29, 1.82) is 0 Å². The highest BCUT2D eigenvalue weighted by atomic mass is 32.2. The fourth-order valence-electron chi connectivity index (χ4n) is 1.35. The molecule has 1 saturated carbocycles. The van der Waals surface area contributed by atoms with Gasteiger partial charge in [0.1, 0.15) is 10.9 Å². The van der Waals surface area contributed by atoms with Gasteiger partial charge in [0.25, 0.3) is 0 Å². The summed E-state index contributed by atoms with van der Waals surface area (Å²) in [5.74, 6) is 1.72. The second kappa shape index (κ2) is 3.29. The SMILES string of the molecule is CSc1nc(C2CC2)nc(C)c1C. The van der Waals surface area contributed by atoms with Gasteiger partial charge in [-0.05, 0) is 32.9 Å². The summed E-state index contributed by atoms with van der Waals surface area (Å²) in [4.78, 5) is 9.08. The predicted octanol–water partition coefficient (Wildman–Crippen LogP) is 2.69. The molecule has 2 nitrogen and oxygen atoms in total. The predicted molar refractivity (Wildman–Crippen MR) is 55.3 cm³/mol. The van der Waals surface area contributed by atoms with Crippen molar-refractivity contribution in [2.45, 2.75) is 37.6 Å². The molecule has 0 aromatic carbocycles. The van der Waals surface area contributed by atoms with E-state index in [1.807, 2.05) is 0 Å². The summed E-state index contributed by atoms with van der Waals surface area (Å²) in [5, 5.41) is 1.15. The lowest BCUT2D eigenvalue weighted by molar-refractivity contribution is 0.840. The summed E-state index contributed by atoms with van der Waals surface area (Å²) in [6.45, 7) is 4.17. The van der Waals surface area contributed by atoms with E-state index in [1.54, 1.807) is 11.8 Å². The Balaban J connectivity index is 2.43. The Morgan fingerprint density at radius 3 is 2.46 bits per heavy atom. The van der Waals surface area contributed by atoms with Gasteiger partial charge >= 0.3 is 0 Å². The quantitative estimate of drug-likeness (QED) is 0.534. The first-order valence-corrected chi connectivity index (χ1v) is 5.84. The molecule has 0 amide bonds. The van der Waals surface area contributed by atoms with Crippen LogP contribution in [-0.4, -0.2) is 16.2 Å². The molecule has 0 unspecified atom stereocenters. The number of aryl methyl sites for hydroxylation is 1. The zero-order valence-corrected chi connectivity index (χ0v) is 9.11. The average Bonchev–Trinajstić information content (AvgIpc) is 2.92. The molecule has 0 bridgehead atoms. The molecule has 0 aliphatic heterocycles. The Kier molecular flexibility index (Phi) is 2.28. The highest BCUT2D eigenvalue weighted by Crippen LogP contribution is 2.39. The smallest absolute Gasteiger partial charge is 0.132 e. The molecule has 1 fully saturated rings. The van der Waals surface area contributed by atoms with E-state index in [2.05, 4.69) is 30.1 Å². The fourth-order valence-corrected chi connectivity index (χ4v) is 1.98. The summed E-state index contributed by atoms with van der Waals surface area (Å²) < 4.78 is 0. The van der Waals surface area contributed by atoms with E-state index in [0.717, 1.165) is 16.5 Å². The normalized spacial score (nSPS) is 16.2. The molecule has 0 atom stereocenters. The van der Waals surface area contributed by atoms with Crippen LogP contribution in [0.15, 0.2) is 5.03 Å². The minimum atomic E-state index is 0.658. The standard InChI is InChI=1S/C10H14N2S/c1-6-7(2)11-9(8-4-5-8)12-10(6)13-3/h8H,4-5H2,1-3H3. The molecule has 0 radical (unpaired) electrons. The maximum Gasteiger partial charge on any atom is 0.132 e. The Morgan fingerprint density at radius 1 is 1.23 bits per heavy atom. The van der Waals surface area contributed by atoms with Gasteiger partial charge < -0.3 is 0 Å². The number of thioether (sulfide) groups is 1. The monoisotopic (exact) mass is 194 g/mol. The topological polar surface area (TPSA) is 25.8 Å². The number of hydrogen-bond donors (Lipinski definition) is 0. The number of rotatable bonds is 2. The van der Waals surface area contributed by atoms with E-state index in [-0.39, 0.29) is 0 Å². The van der Waals surface area contributed by atoms with E-state index >= 15 is 0 Å². The summed E-state index contributed by atoms with van der Waals surface area (Å²) in [6.07, 6.45) is 4.62. The average molecular weight is 194 g/mol. The van der Waals surface area contributed by atoms with E-state index < -0.39 is 0 Å². The van der Waals surface area contributed by atoms with E-state index in [9.17, 15) is 0 Å². The molecule has 1 aromatic heterocycles. The van der Waals surface area contributed by atoms with Crippen molar-refractivity contribution in [3.8, 4) is 0 Å². The Bertz CT molecular complexity index is 332. The second-order valence-corrected chi connectivity index (χ2v) is 4.37. The van der Waals surface area contributed by atoms with Crippen LogP contribution in [0, 0.1) is 13.8 Å². The summed E-state index contributed by atoms with van der Waals surface area (Å²) in [7, 11) is 0. The molecule has 3 heteroatoms. The molecule has 70 valence electrons. The van der Waals surface area contributed by atoms with Crippen LogP contribution < -0.4 is 0 Å². The van der Waals surface area contributed by atoms with E-state index in [4.69, 9.17) is 0 Å². The van der Waals surface area contributed by atoms with Gasteiger partial charge in [-0.3, -0.25) is 0 Å². The maximum absolute atomic E-state index is 4.57. The van der Waals surface area contributed by atoms with Crippen LogP contribution >= 0.6 is 11.8 Å². The van der Waals surface area contributed by atoms with Gasteiger partial charge in [-0.15, -0.1) is 11.8 Å². The summed E-state index contributed by atoms with van der Waals surface area (Å²) >= 11 is 1.72. The zero-order chi connectivity index (χ0) is 9.42. The first-order valence-electron chi connectivity index (χ1n) is 4.61. The lowest BCUT2D eigenvalue weighted by Gasteiger charge is -2.07. The molecule has 2 rings (SSSR count). The first-order chi connectivity index (χ1) is 6.22. The fraction of sp³-hybridized carbons (Fsp3) is 0.600. The largest absolute Gasteiger partial charge is 0.238 e. The Hall–Kier alpha value is -0.570. The highest BCUT2D eigenvalue weighted by Gasteiger charge is 2.27. The van der Waals surface area contributed by atoms with Crippen LogP contribution in [0.4, 0.5) is 0 Å². The van der Waals surface area contributed by atoms with Gasteiger partial charge in [-0.25, -0.2) is 9.97 Å². The Morgan fingerprint density at radius 2 is 1.92 bits per heavy atom. The first kappa shape index (κ1) is 9.00. The van der Waals surface area contributed by atoms with Crippen molar-refractivity contribution in [2.75, 3.05) is 6.26 Å². The third-order valence-electron chi connectivity index (χ3n) is 2.50. The molecule has 0 N–H and O–H groups in total. The number of hydrogen-bond acceptors (Lipinski definition) is 3. The molecule has 0 saturated heterocycles. The lowest BCUT2D eigenvalue weighted by atomic mass is 10.2. The van der Waals surface area contributed by atoms with Gasteiger partial charge in [0.05, 0.1) is 0 Å². The van der Waals surface area contributed by atoms with Crippen molar-refractivity contribution < 1.29 is 0 Å².